The molecule has 24 heavy (non-hydrogen) atoms. The Morgan fingerprint density at radius 3 is 2.54 bits per heavy atom. The second kappa shape index (κ2) is 6.53. The van der Waals surface area contributed by atoms with Crippen LogP contribution in [0.2, 0.25) is 0 Å². The first-order valence-electron chi connectivity index (χ1n) is 7.81. The van der Waals surface area contributed by atoms with Gasteiger partial charge in [-0.15, -0.1) is 0 Å². The molecule has 0 saturated heterocycles. The van der Waals surface area contributed by atoms with Crippen LogP contribution in [-0.2, 0) is 17.3 Å². The highest BCUT2D eigenvalue weighted by Gasteiger charge is 2.22. The molecule has 3 heterocycles. The van der Waals surface area contributed by atoms with Gasteiger partial charge in [-0.05, 0) is 30.7 Å². The largest absolute Gasteiger partial charge is 0.318 e. The van der Waals surface area contributed by atoms with Gasteiger partial charge in [0.15, 0.2) is 5.16 Å². The van der Waals surface area contributed by atoms with Crippen LogP contribution in [0.1, 0.15) is 6.42 Å². The van der Waals surface area contributed by atoms with E-state index in [1.165, 1.54) is 0 Å². The van der Waals surface area contributed by atoms with Crippen LogP contribution < -0.4 is 0 Å². The van der Waals surface area contributed by atoms with Crippen molar-refractivity contribution in [2.75, 3.05) is 12.0 Å². The van der Waals surface area contributed by atoms with Crippen molar-refractivity contribution in [1.82, 2.24) is 14.5 Å². The number of hydrogen-bond acceptors (Lipinski definition) is 4. The second-order valence-corrected chi connectivity index (χ2v) is 8.10. The molecule has 0 fully saturated rings. The topological polar surface area (TPSA) is 47.8 Å². The number of benzene rings is 1. The summed E-state index contributed by atoms with van der Waals surface area (Å²) >= 11 is 1.81. The Kier molecular flexibility index (Phi) is 4.24. The first-order chi connectivity index (χ1) is 11.7. The summed E-state index contributed by atoms with van der Waals surface area (Å²) in [5.41, 5.74) is 4.31. The number of thioether (sulfide) groups is 1. The molecule has 0 aliphatic carbocycles. The van der Waals surface area contributed by atoms with Crippen molar-refractivity contribution >= 4 is 22.6 Å². The highest BCUT2D eigenvalue weighted by molar-refractivity contribution is 7.99. The lowest BCUT2D eigenvalue weighted by Crippen LogP contribution is -2.08. The monoisotopic (exact) mass is 355 g/mol. The van der Waals surface area contributed by atoms with Gasteiger partial charge in [-0.2, -0.15) is 0 Å². The van der Waals surface area contributed by atoms with Crippen molar-refractivity contribution in [3.05, 3.63) is 48.8 Å². The van der Waals surface area contributed by atoms with Crippen LogP contribution in [0.15, 0.2) is 58.8 Å². The predicted octanol–water partition coefficient (Wildman–Crippen LogP) is 3.85. The molecule has 6 heteroatoms. The summed E-state index contributed by atoms with van der Waals surface area (Å²) < 4.78 is 13.9. The van der Waals surface area contributed by atoms with Crippen molar-refractivity contribution in [2.24, 2.45) is 0 Å². The molecule has 2 aromatic heterocycles. The Hall–Kier alpha value is -1.92. The molecule has 4 rings (SSSR count). The van der Waals surface area contributed by atoms with E-state index in [1.807, 2.05) is 60.6 Å². The van der Waals surface area contributed by atoms with Gasteiger partial charge >= 0.3 is 0 Å². The Bertz CT molecular complexity index is 889. The van der Waals surface area contributed by atoms with Crippen molar-refractivity contribution in [2.45, 2.75) is 23.0 Å². The maximum atomic E-state index is 11.6. The van der Waals surface area contributed by atoms with E-state index in [-0.39, 0.29) is 0 Å². The molecule has 1 aromatic carbocycles. The summed E-state index contributed by atoms with van der Waals surface area (Å²) in [4.78, 5) is 9.87. The minimum Gasteiger partial charge on any atom is -0.318 e. The summed E-state index contributed by atoms with van der Waals surface area (Å²) in [5, 5.41) is 1.08. The Morgan fingerprint density at radius 2 is 1.83 bits per heavy atom. The van der Waals surface area contributed by atoms with Crippen molar-refractivity contribution < 1.29 is 4.21 Å². The average Bonchev–Trinajstić information content (AvgIpc) is 3.02. The fraction of sp³-hybridized carbons (Fsp3) is 0.222. The maximum Gasteiger partial charge on any atom is 0.169 e. The van der Waals surface area contributed by atoms with Crippen molar-refractivity contribution in [3.63, 3.8) is 0 Å². The second-order valence-electron chi connectivity index (χ2n) is 5.66. The van der Waals surface area contributed by atoms with Crippen LogP contribution in [0.4, 0.5) is 0 Å². The molecule has 122 valence electrons. The summed E-state index contributed by atoms with van der Waals surface area (Å²) in [6.07, 6.45) is 6.49. The van der Waals surface area contributed by atoms with E-state index in [0.717, 1.165) is 51.3 Å². The lowest BCUT2D eigenvalue weighted by Gasteiger charge is -2.16. The van der Waals surface area contributed by atoms with E-state index in [4.69, 9.17) is 4.98 Å². The highest BCUT2D eigenvalue weighted by Crippen LogP contribution is 2.38. The minimum atomic E-state index is -0.965. The first-order valence-corrected chi connectivity index (χ1v) is 10.4. The van der Waals surface area contributed by atoms with Gasteiger partial charge in [-0.25, -0.2) is 4.98 Å². The summed E-state index contributed by atoms with van der Waals surface area (Å²) in [7, 11) is -0.965. The van der Waals surface area contributed by atoms with Crippen LogP contribution >= 0.6 is 11.8 Å². The van der Waals surface area contributed by atoms with Gasteiger partial charge < -0.3 is 4.57 Å². The van der Waals surface area contributed by atoms with Crippen LogP contribution in [0.3, 0.4) is 0 Å². The molecular weight excluding hydrogens is 338 g/mol. The third-order valence-corrected chi connectivity index (χ3v) is 6.10. The molecule has 0 radical (unpaired) electrons. The lowest BCUT2D eigenvalue weighted by atomic mass is 10.1. The zero-order valence-corrected chi connectivity index (χ0v) is 14.9. The quantitative estimate of drug-likeness (QED) is 0.716. The third-order valence-electron chi connectivity index (χ3n) is 4.10. The van der Waals surface area contributed by atoms with Crippen LogP contribution in [0, 0.1) is 0 Å². The number of pyridine rings is 1. The molecule has 1 aliphatic heterocycles. The molecule has 1 atom stereocenters. The number of aromatic nitrogens is 3. The number of rotatable bonds is 3. The number of imidazole rings is 1. The van der Waals surface area contributed by atoms with Gasteiger partial charge in [-0.3, -0.25) is 9.19 Å². The number of nitrogens with zero attached hydrogens (tertiary/aromatic N) is 3. The molecule has 4 nitrogen and oxygen atoms in total. The van der Waals surface area contributed by atoms with Gasteiger partial charge in [0.25, 0.3) is 0 Å². The van der Waals surface area contributed by atoms with Crippen molar-refractivity contribution in [1.29, 1.82) is 0 Å². The highest BCUT2D eigenvalue weighted by atomic mass is 32.2. The predicted molar refractivity (Wildman–Crippen MR) is 98.6 cm³/mol. The van der Waals surface area contributed by atoms with E-state index < -0.39 is 10.8 Å². The molecule has 0 bridgehead atoms. The Labute approximate surface area is 147 Å². The summed E-state index contributed by atoms with van der Waals surface area (Å²) in [6, 6.07) is 11.9. The molecular formula is C18H17N3OS2. The molecule has 0 spiro atoms. The zero-order valence-electron chi connectivity index (χ0n) is 13.3. The number of hydrogen-bond donors (Lipinski definition) is 0. The van der Waals surface area contributed by atoms with Gasteiger partial charge in [0.05, 0.1) is 11.4 Å². The molecule has 3 aromatic rings. The average molecular weight is 355 g/mol. The van der Waals surface area contributed by atoms with E-state index in [9.17, 15) is 4.21 Å². The van der Waals surface area contributed by atoms with Crippen molar-refractivity contribution in [3.8, 4) is 22.5 Å². The van der Waals surface area contributed by atoms with E-state index in [0.29, 0.717) is 0 Å². The third kappa shape index (κ3) is 2.80. The lowest BCUT2D eigenvalue weighted by molar-refractivity contribution is 0.612. The fourth-order valence-corrected chi connectivity index (χ4v) is 4.41. The van der Waals surface area contributed by atoms with Gasteiger partial charge in [0.1, 0.15) is 0 Å². The fourth-order valence-electron chi connectivity index (χ4n) is 2.94. The Morgan fingerprint density at radius 1 is 1.08 bits per heavy atom. The summed E-state index contributed by atoms with van der Waals surface area (Å²) in [6.45, 7) is 0.990. The smallest absolute Gasteiger partial charge is 0.169 e. The van der Waals surface area contributed by atoms with Gasteiger partial charge in [0.2, 0.25) is 0 Å². The van der Waals surface area contributed by atoms with Crippen LogP contribution in [0.5, 0.6) is 0 Å². The maximum absolute atomic E-state index is 11.6. The van der Waals surface area contributed by atoms with E-state index in [1.54, 1.807) is 6.26 Å². The van der Waals surface area contributed by atoms with Crippen LogP contribution in [0.25, 0.3) is 22.5 Å². The molecule has 1 aliphatic rings. The number of fused-ring (bicyclic) bond motifs is 1. The summed E-state index contributed by atoms with van der Waals surface area (Å²) in [5.74, 6) is 1.11. The SMILES string of the molecule is CS(=O)c1ccc(-c2nc3n(c2-c2ccncc2)CCCS3)cc1. The van der Waals surface area contributed by atoms with Crippen LogP contribution in [-0.4, -0.2) is 30.8 Å². The molecule has 0 saturated carbocycles. The van der Waals surface area contributed by atoms with E-state index in [2.05, 4.69) is 9.55 Å². The van der Waals surface area contributed by atoms with E-state index >= 15 is 0 Å². The molecule has 1 unspecified atom stereocenters. The first kappa shape index (κ1) is 15.6. The Balaban J connectivity index is 1.88. The molecule has 0 N–H and O–H groups in total. The zero-order chi connectivity index (χ0) is 16.5. The normalized spacial score (nSPS) is 15.0. The standard InChI is InChI=1S/C18H17N3OS2/c1-24(22)15-5-3-13(4-6-15)16-17(14-7-9-19-10-8-14)21-11-2-12-23-18(21)20-16/h3-10H,2,11-12H2,1H3. The minimum absolute atomic E-state index is 0.836. The molecule has 0 amide bonds. The van der Waals surface area contributed by atoms with Gasteiger partial charge in [0, 0.05) is 57.8 Å². The van der Waals surface area contributed by atoms with Gasteiger partial charge in [-0.1, -0.05) is 23.9 Å².